The van der Waals surface area contributed by atoms with Gasteiger partial charge in [-0.05, 0) is 36.7 Å². The zero-order valence-corrected chi connectivity index (χ0v) is 11.6. The summed E-state index contributed by atoms with van der Waals surface area (Å²) in [6.45, 7) is 7.52. The summed E-state index contributed by atoms with van der Waals surface area (Å²) in [6.07, 6.45) is 1.20. The highest BCUT2D eigenvalue weighted by atomic mass is 35.5. The second-order valence-corrected chi connectivity index (χ2v) is 5.00. The number of rotatable bonds is 4. The number of anilines is 1. The van der Waals surface area contributed by atoms with Crippen LogP contribution in [-0.4, -0.2) is 37.6 Å². The summed E-state index contributed by atoms with van der Waals surface area (Å²) in [4.78, 5) is 4.78. The number of hydrogen-bond donors (Lipinski definition) is 0. The summed E-state index contributed by atoms with van der Waals surface area (Å²) in [5, 5.41) is 0. The molecular formula is C14H20ClFN2. The number of alkyl halides is 1. The molecule has 0 radical (unpaired) electrons. The number of piperazine rings is 1. The van der Waals surface area contributed by atoms with Crippen LogP contribution in [0.3, 0.4) is 0 Å². The van der Waals surface area contributed by atoms with E-state index in [1.165, 1.54) is 19.0 Å². The maximum Gasteiger partial charge on any atom is 0.123 e. The molecule has 0 N–H and O–H groups in total. The second kappa shape index (κ2) is 6.39. The Morgan fingerprint density at radius 1 is 1.22 bits per heavy atom. The molecule has 1 aliphatic heterocycles. The molecule has 0 unspecified atom stereocenters. The van der Waals surface area contributed by atoms with E-state index in [1.54, 1.807) is 6.07 Å². The maximum absolute atomic E-state index is 13.2. The van der Waals surface area contributed by atoms with Gasteiger partial charge in [-0.15, -0.1) is 11.6 Å². The van der Waals surface area contributed by atoms with E-state index in [9.17, 15) is 4.39 Å². The van der Waals surface area contributed by atoms with E-state index in [4.69, 9.17) is 11.6 Å². The molecule has 18 heavy (non-hydrogen) atoms. The van der Waals surface area contributed by atoms with E-state index in [0.29, 0.717) is 5.88 Å². The molecule has 1 aromatic carbocycles. The van der Waals surface area contributed by atoms with Gasteiger partial charge in [0.05, 0.1) is 0 Å². The smallest absolute Gasteiger partial charge is 0.123 e. The van der Waals surface area contributed by atoms with Crippen molar-refractivity contribution in [2.75, 3.05) is 37.6 Å². The van der Waals surface area contributed by atoms with Crippen molar-refractivity contribution in [2.24, 2.45) is 0 Å². The molecule has 2 rings (SSSR count). The fourth-order valence-electron chi connectivity index (χ4n) is 2.50. The minimum absolute atomic E-state index is 0.209. The van der Waals surface area contributed by atoms with Gasteiger partial charge >= 0.3 is 0 Å². The lowest BCUT2D eigenvalue weighted by molar-refractivity contribution is 0.258. The van der Waals surface area contributed by atoms with Crippen molar-refractivity contribution in [1.29, 1.82) is 0 Å². The van der Waals surface area contributed by atoms with Crippen molar-refractivity contribution in [3.63, 3.8) is 0 Å². The molecule has 0 aliphatic carbocycles. The van der Waals surface area contributed by atoms with Gasteiger partial charge in [-0.25, -0.2) is 4.39 Å². The maximum atomic E-state index is 13.2. The van der Waals surface area contributed by atoms with E-state index in [2.05, 4.69) is 16.7 Å². The fraction of sp³-hybridized carbons (Fsp3) is 0.571. The highest BCUT2D eigenvalue weighted by molar-refractivity contribution is 6.17. The first kappa shape index (κ1) is 13.6. The summed E-state index contributed by atoms with van der Waals surface area (Å²) >= 11 is 5.90. The van der Waals surface area contributed by atoms with E-state index >= 15 is 0 Å². The molecule has 1 fully saturated rings. The van der Waals surface area contributed by atoms with Crippen LogP contribution in [0.15, 0.2) is 18.2 Å². The third-order valence-corrected chi connectivity index (χ3v) is 3.73. The van der Waals surface area contributed by atoms with Gasteiger partial charge in [0.25, 0.3) is 0 Å². The van der Waals surface area contributed by atoms with Crippen LogP contribution in [0.4, 0.5) is 10.1 Å². The van der Waals surface area contributed by atoms with Crippen LogP contribution in [0, 0.1) is 5.82 Å². The molecule has 4 heteroatoms. The van der Waals surface area contributed by atoms with Crippen molar-refractivity contribution >= 4 is 17.3 Å². The summed E-state index contributed by atoms with van der Waals surface area (Å²) in [6, 6.07) is 4.91. The number of benzene rings is 1. The second-order valence-electron chi connectivity index (χ2n) is 4.74. The molecule has 0 saturated carbocycles. The average molecular weight is 271 g/mol. The predicted octanol–water partition coefficient (Wildman–Crippen LogP) is 3.10. The van der Waals surface area contributed by atoms with Crippen molar-refractivity contribution < 1.29 is 4.39 Å². The highest BCUT2D eigenvalue weighted by Crippen LogP contribution is 2.24. The zero-order valence-electron chi connectivity index (χ0n) is 10.8. The largest absolute Gasteiger partial charge is 0.369 e. The topological polar surface area (TPSA) is 6.48 Å². The molecule has 0 atom stereocenters. The van der Waals surface area contributed by atoms with Crippen molar-refractivity contribution in [3.8, 4) is 0 Å². The van der Waals surface area contributed by atoms with Gasteiger partial charge in [-0.1, -0.05) is 6.92 Å². The number of nitrogens with zero attached hydrogens (tertiary/aromatic N) is 2. The van der Waals surface area contributed by atoms with E-state index in [-0.39, 0.29) is 5.82 Å². The Morgan fingerprint density at radius 2 is 1.94 bits per heavy atom. The average Bonchev–Trinajstić information content (AvgIpc) is 2.40. The Hall–Kier alpha value is -0.800. The molecule has 0 spiro atoms. The molecule has 0 amide bonds. The molecule has 2 nitrogen and oxygen atoms in total. The summed E-state index contributed by atoms with van der Waals surface area (Å²) in [7, 11) is 0. The molecule has 0 aromatic heterocycles. The highest BCUT2D eigenvalue weighted by Gasteiger charge is 2.18. The Balaban J connectivity index is 2.05. The summed E-state index contributed by atoms with van der Waals surface area (Å²) < 4.78 is 13.2. The Labute approximate surface area is 113 Å². The van der Waals surface area contributed by atoms with Crippen LogP contribution in [0.5, 0.6) is 0 Å². The van der Waals surface area contributed by atoms with Crippen molar-refractivity contribution in [2.45, 2.75) is 19.2 Å². The van der Waals surface area contributed by atoms with Gasteiger partial charge in [-0.3, -0.25) is 4.90 Å². The molecule has 0 bridgehead atoms. The SMILES string of the molecule is CCCN1CCN(c2ccc(F)cc2CCl)CC1. The third-order valence-electron chi connectivity index (χ3n) is 3.44. The van der Waals surface area contributed by atoms with Gasteiger partial charge in [0.2, 0.25) is 0 Å². The minimum atomic E-state index is -0.209. The lowest BCUT2D eigenvalue weighted by atomic mass is 10.1. The monoisotopic (exact) mass is 270 g/mol. The van der Waals surface area contributed by atoms with Gasteiger partial charge < -0.3 is 4.90 Å². The molecule has 1 aromatic rings. The van der Waals surface area contributed by atoms with Crippen LogP contribution >= 0.6 is 11.6 Å². The van der Waals surface area contributed by atoms with E-state index in [1.807, 2.05) is 6.07 Å². The van der Waals surface area contributed by atoms with E-state index < -0.39 is 0 Å². The summed E-state index contributed by atoms with van der Waals surface area (Å²) in [5.74, 6) is 0.154. The summed E-state index contributed by atoms with van der Waals surface area (Å²) in [5.41, 5.74) is 1.98. The predicted molar refractivity (Wildman–Crippen MR) is 74.9 cm³/mol. The standard InChI is InChI=1S/C14H20ClFN2/c1-2-5-17-6-8-18(9-7-17)14-4-3-13(16)10-12(14)11-15/h3-4,10H,2,5-9,11H2,1H3. The van der Waals surface area contributed by atoms with Crippen molar-refractivity contribution in [1.82, 2.24) is 4.90 Å². The van der Waals surface area contributed by atoms with Gasteiger partial charge in [0, 0.05) is 37.7 Å². The van der Waals surface area contributed by atoms with Crippen LogP contribution in [-0.2, 0) is 5.88 Å². The lowest BCUT2D eigenvalue weighted by Gasteiger charge is -2.36. The van der Waals surface area contributed by atoms with Gasteiger partial charge in [-0.2, -0.15) is 0 Å². The Morgan fingerprint density at radius 3 is 2.56 bits per heavy atom. The molecule has 1 saturated heterocycles. The number of hydrogen-bond acceptors (Lipinski definition) is 2. The molecular weight excluding hydrogens is 251 g/mol. The van der Waals surface area contributed by atoms with Gasteiger partial charge in [0.15, 0.2) is 0 Å². The first-order chi connectivity index (χ1) is 8.74. The molecule has 1 aliphatic rings. The minimum Gasteiger partial charge on any atom is -0.369 e. The van der Waals surface area contributed by atoms with Crippen LogP contribution < -0.4 is 4.90 Å². The third kappa shape index (κ3) is 3.15. The molecule has 100 valence electrons. The van der Waals surface area contributed by atoms with Gasteiger partial charge in [0.1, 0.15) is 5.82 Å². The first-order valence-corrected chi connectivity index (χ1v) is 7.09. The Bertz CT molecular complexity index is 389. The van der Waals surface area contributed by atoms with Crippen LogP contribution in [0.1, 0.15) is 18.9 Å². The number of halogens is 2. The lowest BCUT2D eigenvalue weighted by Crippen LogP contribution is -2.46. The van der Waals surface area contributed by atoms with Crippen LogP contribution in [0.2, 0.25) is 0 Å². The normalized spacial score (nSPS) is 17.2. The van der Waals surface area contributed by atoms with E-state index in [0.717, 1.165) is 37.4 Å². The fourth-order valence-corrected chi connectivity index (χ4v) is 2.71. The Kier molecular flexibility index (Phi) is 4.84. The quantitative estimate of drug-likeness (QED) is 0.776. The van der Waals surface area contributed by atoms with Crippen LogP contribution in [0.25, 0.3) is 0 Å². The zero-order chi connectivity index (χ0) is 13.0. The molecule has 1 heterocycles. The first-order valence-electron chi connectivity index (χ1n) is 6.56. The van der Waals surface area contributed by atoms with Crippen molar-refractivity contribution in [3.05, 3.63) is 29.6 Å².